The molecule has 0 amide bonds. The van der Waals surface area contributed by atoms with Crippen LogP contribution in [0.2, 0.25) is 0 Å². The van der Waals surface area contributed by atoms with E-state index in [1.165, 1.54) is 0 Å². The maximum Gasteiger partial charge on any atom is 0.0827 e. The molecule has 4 heteroatoms. The summed E-state index contributed by atoms with van der Waals surface area (Å²) in [5.74, 6) is 0. The van der Waals surface area contributed by atoms with Crippen LogP contribution in [0, 0.1) is 0 Å². The van der Waals surface area contributed by atoms with Crippen LogP contribution in [0.25, 0.3) is 0 Å². The summed E-state index contributed by atoms with van der Waals surface area (Å²) in [7, 11) is 0. The molecule has 1 fully saturated rings. The highest BCUT2D eigenvalue weighted by atomic mass is 16.3. The molecule has 0 aromatic carbocycles. The molecule has 17 heavy (non-hydrogen) atoms. The monoisotopic (exact) mass is 237 g/mol. The SMILES string of the molecule is CCc1cc(CC2(O)CCCNC2)n(CC)n1. The van der Waals surface area contributed by atoms with Gasteiger partial charge in [0.05, 0.1) is 11.3 Å². The van der Waals surface area contributed by atoms with Gasteiger partial charge in [0.15, 0.2) is 0 Å². The minimum Gasteiger partial charge on any atom is -0.388 e. The predicted molar refractivity (Wildman–Crippen MR) is 68.0 cm³/mol. The molecule has 0 spiro atoms. The minimum absolute atomic E-state index is 0.587. The summed E-state index contributed by atoms with van der Waals surface area (Å²) in [6, 6.07) is 2.13. The maximum atomic E-state index is 10.5. The second-order valence-corrected chi connectivity index (χ2v) is 4.98. The van der Waals surface area contributed by atoms with E-state index in [1.807, 2.05) is 4.68 Å². The number of aliphatic hydroxyl groups is 1. The number of hydrogen-bond donors (Lipinski definition) is 2. The average Bonchev–Trinajstić information content (AvgIpc) is 2.71. The van der Waals surface area contributed by atoms with Crippen molar-refractivity contribution < 1.29 is 5.11 Å². The number of rotatable bonds is 4. The molecule has 2 rings (SSSR count). The molecule has 1 aromatic heterocycles. The van der Waals surface area contributed by atoms with Gasteiger partial charge in [-0.3, -0.25) is 4.68 Å². The van der Waals surface area contributed by atoms with Crippen LogP contribution in [0.15, 0.2) is 6.07 Å². The summed E-state index contributed by atoms with van der Waals surface area (Å²) in [6.45, 7) is 6.81. The summed E-state index contributed by atoms with van der Waals surface area (Å²) in [4.78, 5) is 0. The Morgan fingerprint density at radius 1 is 1.53 bits per heavy atom. The highest BCUT2D eigenvalue weighted by molar-refractivity contribution is 5.13. The van der Waals surface area contributed by atoms with E-state index in [0.717, 1.165) is 43.7 Å². The van der Waals surface area contributed by atoms with Crippen LogP contribution in [0.1, 0.15) is 38.1 Å². The number of aryl methyl sites for hydroxylation is 2. The first-order valence-corrected chi connectivity index (χ1v) is 6.65. The predicted octanol–water partition coefficient (Wildman–Crippen LogP) is 1.12. The van der Waals surface area contributed by atoms with E-state index in [4.69, 9.17) is 0 Å². The third kappa shape index (κ3) is 2.87. The molecule has 1 atom stereocenters. The number of hydrogen-bond acceptors (Lipinski definition) is 3. The van der Waals surface area contributed by atoms with Crippen molar-refractivity contribution in [1.82, 2.24) is 15.1 Å². The van der Waals surface area contributed by atoms with Crippen molar-refractivity contribution in [2.45, 2.75) is 51.7 Å². The van der Waals surface area contributed by atoms with Crippen molar-refractivity contribution in [3.8, 4) is 0 Å². The fraction of sp³-hybridized carbons (Fsp3) is 0.769. The third-order valence-corrected chi connectivity index (χ3v) is 3.54. The second kappa shape index (κ2) is 5.19. The molecule has 96 valence electrons. The Morgan fingerprint density at radius 3 is 2.94 bits per heavy atom. The Balaban J connectivity index is 2.13. The van der Waals surface area contributed by atoms with E-state index in [9.17, 15) is 5.11 Å². The highest BCUT2D eigenvalue weighted by Gasteiger charge is 2.30. The molecule has 0 radical (unpaired) electrons. The van der Waals surface area contributed by atoms with Gasteiger partial charge in [-0.25, -0.2) is 0 Å². The molecular weight excluding hydrogens is 214 g/mol. The lowest BCUT2D eigenvalue weighted by molar-refractivity contribution is 0.0152. The molecule has 0 saturated carbocycles. The summed E-state index contributed by atoms with van der Waals surface area (Å²) >= 11 is 0. The molecule has 0 aliphatic carbocycles. The van der Waals surface area contributed by atoms with Crippen molar-refractivity contribution in [3.63, 3.8) is 0 Å². The zero-order chi connectivity index (χ0) is 12.3. The Labute approximate surface area is 103 Å². The topological polar surface area (TPSA) is 50.1 Å². The quantitative estimate of drug-likeness (QED) is 0.825. The first-order valence-electron chi connectivity index (χ1n) is 6.65. The lowest BCUT2D eigenvalue weighted by Crippen LogP contribution is -2.47. The Bertz CT molecular complexity index is 367. The first-order chi connectivity index (χ1) is 8.17. The Hall–Kier alpha value is -0.870. The first kappa shape index (κ1) is 12.6. The number of nitrogens with one attached hydrogen (secondary N) is 1. The van der Waals surface area contributed by atoms with Gasteiger partial charge in [0.1, 0.15) is 0 Å². The lowest BCUT2D eigenvalue weighted by Gasteiger charge is -2.32. The van der Waals surface area contributed by atoms with Crippen LogP contribution < -0.4 is 5.32 Å². The smallest absolute Gasteiger partial charge is 0.0827 e. The van der Waals surface area contributed by atoms with Gasteiger partial charge in [0.25, 0.3) is 0 Å². The van der Waals surface area contributed by atoms with Gasteiger partial charge in [0, 0.05) is 25.2 Å². The van der Waals surface area contributed by atoms with Gasteiger partial charge >= 0.3 is 0 Å². The molecular formula is C13H23N3O. The molecule has 1 unspecified atom stereocenters. The van der Waals surface area contributed by atoms with Crippen molar-refractivity contribution in [1.29, 1.82) is 0 Å². The van der Waals surface area contributed by atoms with Crippen molar-refractivity contribution in [3.05, 3.63) is 17.5 Å². The Morgan fingerprint density at radius 2 is 2.35 bits per heavy atom. The standard InChI is InChI=1S/C13H23N3O/c1-3-11-8-12(16(4-2)15-11)9-13(17)6-5-7-14-10-13/h8,14,17H,3-7,9-10H2,1-2H3. The fourth-order valence-corrected chi connectivity index (χ4v) is 2.54. The molecule has 4 nitrogen and oxygen atoms in total. The van der Waals surface area contributed by atoms with Crippen LogP contribution in [-0.2, 0) is 19.4 Å². The average molecular weight is 237 g/mol. The van der Waals surface area contributed by atoms with E-state index in [1.54, 1.807) is 0 Å². The van der Waals surface area contributed by atoms with Crippen molar-refractivity contribution in [2.24, 2.45) is 0 Å². The van der Waals surface area contributed by atoms with E-state index in [2.05, 4.69) is 30.3 Å². The Kier molecular flexibility index (Phi) is 3.84. The molecule has 1 aliphatic heterocycles. The minimum atomic E-state index is -0.587. The van der Waals surface area contributed by atoms with E-state index in [0.29, 0.717) is 13.0 Å². The number of nitrogens with zero attached hydrogens (tertiary/aromatic N) is 2. The van der Waals surface area contributed by atoms with E-state index in [-0.39, 0.29) is 0 Å². The van der Waals surface area contributed by atoms with Crippen LogP contribution in [-0.4, -0.2) is 33.6 Å². The van der Waals surface area contributed by atoms with Gasteiger partial charge in [-0.2, -0.15) is 5.10 Å². The van der Waals surface area contributed by atoms with Crippen LogP contribution >= 0.6 is 0 Å². The molecule has 1 aromatic rings. The third-order valence-electron chi connectivity index (χ3n) is 3.54. The normalized spacial score (nSPS) is 25.1. The highest BCUT2D eigenvalue weighted by Crippen LogP contribution is 2.22. The zero-order valence-corrected chi connectivity index (χ0v) is 10.9. The molecule has 1 saturated heterocycles. The van der Waals surface area contributed by atoms with Crippen molar-refractivity contribution >= 4 is 0 Å². The van der Waals surface area contributed by atoms with Gasteiger partial charge < -0.3 is 10.4 Å². The van der Waals surface area contributed by atoms with Gasteiger partial charge in [0.2, 0.25) is 0 Å². The largest absolute Gasteiger partial charge is 0.388 e. The maximum absolute atomic E-state index is 10.5. The molecule has 1 aliphatic rings. The summed E-state index contributed by atoms with van der Waals surface area (Å²) in [6.07, 6.45) is 3.60. The lowest BCUT2D eigenvalue weighted by atomic mass is 9.89. The fourth-order valence-electron chi connectivity index (χ4n) is 2.54. The second-order valence-electron chi connectivity index (χ2n) is 4.98. The van der Waals surface area contributed by atoms with E-state index < -0.39 is 5.60 Å². The van der Waals surface area contributed by atoms with E-state index >= 15 is 0 Å². The van der Waals surface area contributed by atoms with Crippen LogP contribution in [0.5, 0.6) is 0 Å². The summed E-state index contributed by atoms with van der Waals surface area (Å²) < 4.78 is 2.02. The van der Waals surface area contributed by atoms with Crippen LogP contribution in [0.3, 0.4) is 0 Å². The molecule has 2 N–H and O–H groups in total. The number of aromatic nitrogens is 2. The zero-order valence-electron chi connectivity index (χ0n) is 10.9. The number of β-amino-alcohol motifs (C(OH)–C–C–N with tert-alkyl or cyclic N) is 1. The number of piperidine rings is 1. The molecule has 0 bridgehead atoms. The van der Waals surface area contributed by atoms with Gasteiger partial charge in [-0.1, -0.05) is 6.92 Å². The van der Waals surface area contributed by atoms with Crippen molar-refractivity contribution in [2.75, 3.05) is 13.1 Å². The molecule has 2 heterocycles. The van der Waals surface area contributed by atoms with Gasteiger partial charge in [-0.15, -0.1) is 0 Å². The van der Waals surface area contributed by atoms with Crippen LogP contribution in [0.4, 0.5) is 0 Å². The summed E-state index contributed by atoms with van der Waals surface area (Å²) in [5.41, 5.74) is 1.70. The van der Waals surface area contributed by atoms with Gasteiger partial charge in [-0.05, 0) is 38.8 Å². The summed E-state index contributed by atoms with van der Waals surface area (Å²) in [5, 5.41) is 18.3.